The molecule has 0 saturated heterocycles. The van der Waals surface area contributed by atoms with Gasteiger partial charge in [-0.25, -0.2) is 0 Å². The molecule has 0 heterocycles. The third-order valence-electron chi connectivity index (χ3n) is 3.14. The quantitative estimate of drug-likeness (QED) is 0.497. The maximum atomic E-state index is 9.85. The first-order valence-corrected chi connectivity index (χ1v) is 6.24. The Kier molecular flexibility index (Phi) is 4.61. The predicted molar refractivity (Wildman–Crippen MR) is 74.4 cm³/mol. The van der Waals surface area contributed by atoms with Crippen molar-refractivity contribution >= 4 is 0 Å². The van der Waals surface area contributed by atoms with Crippen LogP contribution in [-0.2, 0) is 0 Å². The molecule has 0 spiro atoms. The van der Waals surface area contributed by atoms with Crippen LogP contribution in [0.2, 0.25) is 0 Å². The van der Waals surface area contributed by atoms with E-state index in [1.54, 1.807) is 13.0 Å². The Morgan fingerprint density at radius 3 is 2.21 bits per heavy atom. The summed E-state index contributed by atoms with van der Waals surface area (Å²) in [5.41, 5.74) is -0.0375. The number of benzene rings is 1. The Labute approximate surface area is 113 Å². The van der Waals surface area contributed by atoms with Crippen LogP contribution in [0, 0.1) is 6.92 Å². The molecular weight excluding hydrogens is 244 g/mol. The van der Waals surface area contributed by atoms with Gasteiger partial charge in [0.1, 0.15) is 17.6 Å². The number of aromatic hydroxyl groups is 2. The van der Waals surface area contributed by atoms with Crippen LogP contribution in [0.5, 0.6) is 11.5 Å². The molecular formula is C15H22O4. The topological polar surface area (TPSA) is 80.9 Å². The fraction of sp³-hybridized carbons (Fsp3) is 0.467. The van der Waals surface area contributed by atoms with Gasteiger partial charge < -0.3 is 20.4 Å². The molecule has 0 amide bonds. The van der Waals surface area contributed by atoms with Crippen molar-refractivity contribution in [2.45, 2.75) is 45.3 Å². The molecule has 0 radical (unpaired) electrons. The summed E-state index contributed by atoms with van der Waals surface area (Å²) in [7, 11) is 0. The molecule has 0 unspecified atom stereocenters. The average molecular weight is 266 g/mol. The molecule has 1 aromatic carbocycles. The fourth-order valence-electron chi connectivity index (χ4n) is 1.67. The van der Waals surface area contributed by atoms with E-state index in [0.717, 1.165) is 0 Å². The SMILES string of the molecule is Cc1cc(O)c([C@H](C)/C=C/[C@@H](O)C(C)(C)O)cc1O. The van der Waals surface area contributed by atoms with Crippen molar-refractivity contribution in [3.05, 3.63) is 35.4 Å². The minimum atomic E-state index is -1.21. The van der Waals surface area contributed by atoms with E-state index in [2.05, 4.69) is 0 Å². The summed E-state index contributed by atoms with van der Waals surface area (Å²) in [5.74, 6) is 0.0322. The van der Waals surface area contributed by atoms with Crippen molar-refractivity contribution in [2.24, 2.45) is 0 Å². The molecule has 1 aromatic rings. The van der Waals surface area contributed by atoms with Crippen molar-refractivity contribution in [3.8, 4) is 11.5 Å². The van der Waals surface area contributed by atoms with Crippen molar-refractivity contribution in [1.82, 2.24) is 0 Å². The van der Waals surface area contributed by atoms with Gasteiger partial charge in [0.15, 0.2) is 0 Å². The first-order valence-electron chi connectivity index (χ1n) is 6.24. The Morgan fingerprint density at radius 1 is 1.11 bits per heavy atom. The lowest BCUT2D eigenvalue weighted by Crippen LogP contribution is -2.34. The van der Waals surface area contributed by atoms with E-state index in [4.69, 9.17) is 0 Å². The molecule has 106 valence electrons. The highest BCUT2D eigenvalue weighted by molar-refractivity contribution is 5.47. The summed E-state index contributed by atoms with van der Waals surface area (Å²) < 4.78 is 0. The molecule has 1 rings (SSSR count). The number of hydrogen-bond donors (Lipinski definition) is 4. The maximum absolute atomic E-state index is 9.85. The summed E-state index contributed by atoms with van der Waals surface area (Å²) in [4.78, 5) is 0. The van der Waals surface area contributed by atoms with Crippen LogP contribution in [0.3, 0.4) is 0 Å². The van der Waals surface area contributed by atoms with E-state index >= 15 is 0 Å². The fourth-order valence-corrected chi connectivity index (χ4v) is 1.67. The van der Waals surface area contributed by atoms with Crippen molar-refractivity contribution in [1.29, 1.82) is 0 Å². The monoisotopic (exact) mass is 266 g/mol. The highest BCUT2D eigenvalue weighted by Crippen LogP contribution is 2.32. The molecule has 4 heteroatoms. The lowest BCUT2D eigenvalue weighted by molar-refractivity contribution is -0.0227. The number of hydrogen-bond acceptors (Lipinski definition) is 4. The Hall–Kier alpha value is -1.52. The second kappa shape index (κ2) is 5.63. The first-order chi connectivity index (χ1) is 8.62. The summed E-state index contributed by atoms with van der Waals surface area (Å²) >= 11 is 0. The van der Waals surface area contributed by atoms with Gasteiger partial charge in [-0.2, -0.15) is 0 Å². The van der Waals surface area contributed by atoms with Gasteiger partial charge in [0, 0.05) is 11.5 Å². The molecule has 19 heavy (non-hydrogen) atoms. The van der Waals surface area contributed by atoms with Gasteiger partial charge in [-0.3, -0.25) is 0 Å². The normalized spacial score (nSPS) is 15.7. The second-order valence-electron chi connectivity index (χ2n) is 5.47. The number of rotatable bonds is 4. The van der Waals surface area contributed by atoms with Gasteiger partial charge in [0.2, 0.25) is 0 Å². The summed E-state index contributed by atoms with van der Waals surface area (Å²) in [6, 6.07) is 3.01. The molecule has 4 nitrogen and oxygen atoms in total. The van der Waals surface area contributed by atoms with Crippen molar-refractivity contribution in [2.75, 3.05) is 0 Å². The number of phenolic OH excluding ortho intramolecular Hbond substituents is 2. The van der Waals surface area contributed by atoms with E-state index in [-0.39, 0.29) is 17.4 Å². The van der Waals surface area contributed by atoms with E-state index < -0.39 is 11.7 Å². The Bertz CT molecular complexity index is 472. The van der Waals surface area contributed by atoms with E-state index in [1.807, 2.05) is 6.92 Å². The summed E-state index contributed by atoms with van der Waals surface area (Å²) in [5, 5.41) is 38.8. The molecule has 2 atom stereocenters. The van der Waals surface area contributed by atoms with E-state index in [9.17, 15) is 20.4 Å². The zero-order valence-corrected chi connectivity index (χ0v) is 11.8. The van der Waals surface area contributed by atoms with Crippen molar-refractivity contribution < 1.29 is 20.4 Å². The third kappa shape index (κ3) is 3.98. The van der Waals surface area contributed by atoms with Gasteiger partial charge in [0.05, 0.1) is 5.60 Å². The van der Waals surface area contributed by atoms with Gasteiger partial charge in [-0.15, -0.1) is 0 Å². The van der Waals surface area contributed by atoms with Crippen LogP contribution >= 0.6 is 0 Å². The highest BCUT2D eigenvalue weighted by atomic mass is 16.3. The van der Waals surface area contributed by atoms with Crippen LogP contribution in [-0.4, -0.2) is 32.1 Å². The third-order valence-corrected chi connectivity index (χ3v) is 3.14. The lowest BCUT2D eigenvalue weighted by Gasteiger charge is -2.22. The van der Waals surface area contributed by atoms with E-state index in [1.165, 1.54) is 32.1 Å². The van der Waals surface area contributed by atoms with Gasteiger partial charge in [0.25, 0.3) is 0 Å². The largest absolute Gasteiger partial charge is 0.508 e. The second-order valence-corrected chi connectivity index (χ2v) is 5.47. The number of allylic oxidation sites excluding steroid dienone is 1. The molecule has 0 aliphatic rings. The van der Waals surface area contributed by atoms with Crippen LogP contribution in [0.4, 0.5) is 0 Å². The number of aliphatic hydroxyl groups is 2. The molecule has 0 aromatic heterocycles. The number of phenols is 2. The molecule has 0 saturated carbocycles. The van der Waals surface area contributed by atoms with Crippen LogP contribution in [0.15, 0.2) is 24.3 Å². The molecule has 0 aliphatic heterocycles. The Morgan fingerprint density at radius 2 is 1.68 bits per heavy atom. The lowest BCUT2D eigenvalue weighted by atomic mass is 9.95. The van der Waals surface area contributed by atoms with E-state index in [0.29, 0.717) is 11.1 Å². The van der Waals surface area contributed by atoms with Crippen molar-refractivity contribution in [3.63, 3.8) is 0 Å². The first kappa shape index (κ1) is 15.5. The highest BCUT2D eigenvalue weighted by Gasteiger charge is 2.22. The summed E-state index contributed by atoms with van der Waals surface area (Å²) in [6.07, 6.45) is 2.18. The molecule has 0 fully saturated rings. The summed E-state index contributed by atoms with van der Waals surface area (Å²) in [6.45, 7) is 6.57. The van der Waals surface area contributed by atoms with Gasteiger partial charge in [-0.05, 0) is 38.5 Å². The minimum absolute atomic E-state index is 0.102. The minimum Gasteiger partial charge on any atom is -0.508 e. The molecule has 0 aliphatic carbocycles. The Balaban J connectivity index is 2.93. The number of aryl methyl sites for hydroxylation is 1. The molecule has 0 bridgehead atoms. The van der Waals surface area contributed by atoms with Gasteiger partial charge >= 0.3 is 0 Å². The zero-order valence-electron chi connectivity index (χ0n) is 11.8. The van der Waals surface area contributed by atoms with Crippen LogP contribution < -0.4 is 0 Å². The number of aliphatic hydroxyl groups excluding tert-OH is 1. The van der Waals surface area contributed by atoms with Gasteiger partial charge in [-0.1, -0.05) is 19.1 Å². The predicted octanol–water partition coefficient (Wildman–Crippen LogP) is 2.20. The maximum Gasteiger partial charge on any atom is 0.119 e. The van der Waals surface area contributed by atoms with Crippen LogP contribution in [0.25, 0.3) is 0 Å². The molecule has 4 N–H and O–H groups in total. The average Bonchev–Trinajstić information content (AvgIpc) is 2.29. The smallest absolute Gasteiger partial charge is 0.119 e. The zero-order chi connectivity index (χ0) is 14.8. The standard InChI is InChI=1S/C15H22O4/c1-9(5-6-14(18)15(3,4)19)11-8-12(16)10(2)7-13(11)17/h5-9,14,16-19H,1-4H3/b6-5+/t9-,14-/m1/s1. The van der Waals surface area contributed by atoms with Crippen LogP contribution in [0.1, 0.15) is 37.8 Å².